The molecule has 1 nitrogen and oxygen atoms in total. The third-order valence-electron chi connectivity index (χ3n) is 3.29. The van der Waals surface area contributed by atoms with E-state index in [9.17, 15) is 13.2 Å². The number of nitrogens with one attached hydrogen (secondary N) is 1. The molecule has 0 aliphatic rings. The van der Waals surface area contributed by atoms with Crippen molar-refractivity contribution in [2.24, 2.45) is 0 Å². The highest BCUT2D eigenvalue weighted by molar-refractivity contribution is 9.10. The minimum atomic E-state index is -0.602. The van der Waals surface area contributed by atoms with Gasteiger partial charge in [-0.1, -0.05) is 22.0 Å². The molecule has 0 aromatic heterocycles. The summed E-state index contributed by atoms with van der Waals surface area (Å²) in [6.45, 7) is 0. The Morgan fingerprint density at radius 1 is 1.00 bits per heavy atom. The number of hydrogen-bond donors (Lipinski definition) is 1. The molecule has 0 spiro atoms. The van der Waals surface area contributed by atoms with Gasteiger partial charge >= 0.3 is 0 Å². The van der Waals surface area contributed by atoms with Crippen LogP contribution in [-0.2, 0) is 12.8 Å². The molecule has 1 unspecified atom stereocenters. The minimum absolute atomic E-state index is 0.109. The number of halogens is 4. The molecule has 2 aromatic rings. The average Bonchev–Trinajstić information content (AvgIpc) is 2.39. The molecule has 2 aromatic carbocycles. The third-order valence-corrected chi connectivity index (χ3v) is 3.79. The van der Waals surface area contributed by atoms with Crippen molar-refractivity contribution in [3.63, 3.8) is 0 Å². The first kappa shape index (κ1) is 16.0. The Balaban J connectivity index is 2.12. The van der Waals surface area contributed by atoms with Crippen LogP contribution in [0.5, 0.6) is 0 Å². The summed E-state index contributed by atoms with van der Waals surface area (Å²) in [5.41, 5.74) is 1.11. The van der Waals surface area contributed by atoms with Crippen molar-refractivity contribution in [3.8, 4) is 0 Å². The van der Waals surface area contributed by atoms with E-state index in [0.717, 1.165) is 6.07 Å². The van der Waals surface area contributed by atoms with Crippen LogP contribution in [0.15, 0.2) is 40.9 Å². The van der Waals surface area contributed by atoms with Crippen molar-refractivity contribution < 1.29 is 13.2 Å². The van der Waals surface area contributed by atoms with Crippen LogP contribution in [0, 0.1) is 17.5 Å². The van der Waals surface area contributed by atoms with Crippen molar-refractivity contribution in [2.45, 2.75) is 18.9 Å². The minimum Gasteiger partial charge on any atom is -0.316 e. The van der Waals surface area contributed by atoms with E-state index in [-0.39, 0.29) is 11.9 Å². The second kappa shape index (κ2) is 7.09. The molecule has 112 valence electrons. The molecular weight excluding hydrogens is 343 g/mol. The monoisotopic (exact) mass is 357 g/mol. The van der Waals surface area contributed by atoms with Gasteiger partial charge in [0, 0.05) is 16.6 Å². The summed E-state index contributed by atoms with van der Waals surface area (Å²) in [4.78, 5) is 0. The first-order chi connectivity index (χ1) is 9.97. The van der Waals surface area contributed by atoms with E-state index >= 15 is 0 Å². The van der Waals surface area contributed by atoms with Gasteiger partial charge in [0.25, 0.3) is 0 Å². The Hall–Kier alpha value is -1.33. The normalized spacial score (nSPS) is 12.4. The van der Waals surface area contributed by atoms with E-state index < -0.39 is 11.6 Å². The van der Waals surface area contributed by atoms with Gasteiger partial charge in [-0.2, -0.15) is 0 Å². The molecular formula is C16H15BrF3N. The lowest BCUT2D eigenvalue weighted by molar-refractivity contribution is 0.525. The Morgan fingerprint density at radius 3 is 2.24 bits per heavy atom. The van der Waals surface area contributed by atoms with E-state index in [2.05, 4.69) is 21.2 Å². The van der Waals surface area contributed by atoms with E-state index in [1.807, 2.05) is 0 Å². The lowest BCUT2D eigenvalue weighted by Crippen LogP contribution is -2.30. The summed E-state index contributed by atoms with van der Waals surface area (Å²) in [6.07, 6.45) is 0.856. The highest BCUT2D eigenvalue weighted by Gasteiger charge is 2.13. The fourth-order valence-corrected chi connectivity index (χ4v) is 2.58. The van der Waals surface area contributed by atoms with Crippen molar-refractivity contribution >= 4 is 15.9 Å². The molecule has 0 aliphatic heterocycles. The number of hydrogen-bond acceptors (Lipinski definition) is 1. The van der Waals surface area contributed by atoms with E-state index in [1.54, 1.807) is 19.2 Å². The molecule has 5 heteroatoms. The van der Waals surface area contributed by atoms with Gasteiger partial charge in [-0.15, -0.1) is 0 Å². The van der Waals surface area contributed by atoms with Gasteiger partial charge in [-0.25, -0.2) is 13.2 Å². The summed E-state index contributed by atoms with van der Waals surface area (Å²) in [6, 6.07) is 8.21. The maximum Gasteiger partial charge on any atom is 0.127 e. The molecule has 2 rings (SSSR count). The SMILES string of the molecule is CNC(Cc1cc(F)cc(F)c1)Cc1ccc(Br)cc1F. The number of likely N-dealkylation sites (N-methyl/N-ethyl adjacent to an activating group) is 1. The zero-order valence-electron chi connectivity index (χ0n) is 11.5. The summed E-state index contributed by atoms with van der Waals surface area (Å²) in [5, 5.41) is 3.06. The van der Waals surface area contributed by atoms with Crippen LogP contribution in [0.3, 0.4) is 0 Å². The van der Waals surface area contributed by atoms with Crippen LogP contribution in [0.4, 0.5) is 13.2 Å². The third kappa shape index (κ3) is 4.58. The maximum atomic E-state index is 13.8. The molecule has 0 fully saturated rings. The van der Waals surface area contributed by atoms with E-state index in [1.165, 1.54) is 18.2 Å². The Labute approximate surface area is 130 Å². The lowest BCUT2D eigenvalue weighted by Gasteiger charge is -2.17. The molecule has 21 heavy (non-hydrogen) atoms. The predicted octanol–water partition coefficient (Wildman–Crippen LogP) is 4.24. The van der Waals surface area contributed by atoms with E-state index in [4.69, 9.17) is 0 Å². The summed E-state index contributed by atoms with van der Waals surface area (Å²) < 4.78 is 40.9. The van der Waals surface area contributed by atoms with Crippen LogP contribution in [0.25, 0.3) is 0 Å². The average molecular weight is 358 g/mol. The topological polar surface area (TPSA) is 12.0 Å². The van der Waals surface area contributed by atoms with Crippen molar-refractivity contribution in [2.75, 3.05) is 7.05 Å². The van der Waals surface area contributed by atoms with Crippen molar-refractivity contribution in [1.82, 2.24) is 5.32 Å². The second-order valence-electron chi connectivity index (χ2n) is 4.91. The molecule has 0 bridgehead atoms. The highest BCUT2D eigenvalue weighted by Crippen LogP contribution is 2.18. The maximum absolute atomic E-state index is 13.8. The Kier molecular flexibility index (Phi) is 5.42. The van der Waals surface area contributed by atoms with Gasteiger partial charge in [0.1, 0.15) is 17.5 Å². The molecule has 0 aliphatic carbocycles. The Morgan fingerprint density at radius 2 is 1.67 bits per heavy atom. The van der Waals surface area contributed by atoms with Gasteiger partial charge in [0.15, 0.2) is 0 Å². The van der Waals surface area contributed by atoms with E-state index in [0.29, 0.717) is 28.4 Å². The standard InChI is InChI=1S/C16H15BrF3N/c1-21-15(6-10-4-13(18)9-14(19)5-10)7-11-2-3-12(17)8-16(11)20/h2-5,8-9,15,21H,6-7H2,1H3. The predicted molar refractivity (Wildman–Crippen MR) is 80.7 cm³/mol. The fourth-order valence-electron chi connectivity index (χ4n) is 2.24. The lowest BCUT2D eigenvalue weighted by atomic mass is 9.98. The largest absolute Gasteiger partial charge is 0.316 e. The number of benzene rings is 2. The van der Waals surface area contributed by atoms with Crippen LogP contribution < -0.4 is 5.32 Å². The second-order valence-corrected chi connectivity index (χ2v) is 5.82. The fraction of sp³-hybridized carbons (Fsp3) is 0.250. The molecule has 1 atom stereocenters. The molecule has 1 N–H and O–H groups in total. The molecule has 0 heterocycles. The summed E-state index contributed by atoms with van der Waals surface area (Å²) in [5.74, 6) is -1.50. The van der Waals surface area contributed by atoms with Gasteiger partial charge < -0.3 is 5.32 Å². The van der Waals surface area contributed by atoms with Gasteiger partial charge in [0.2, 0.25) is 0 Å². The quantitative estimate of drug-likeness (QED) is 0.843. The highest BCUT2D eigenvalue weighted by atomic mass is 79.9. The zero-order valence-corrected chi connectivity index (χ0v) is 13.1. The smallest absolute Gasteiger partial charge is 0.127 e. The van der Waals surface area contributed by atoms with Crippen LogP contribution in [0.2, 0.25) is 0 Å². The molecule has 0 saturated carbocycles. The van der Waals surface area contributed by atoms with Crippen LogP contribution in [-0.4, -0.2) is 13.1 Å². The molecule has 0 amide bonds. The van der Waals surface area contributed by atoms with Crippen molar-refractivity contribution in [3.05, 3.63) is 69.4 Å². The molecule has 0 saturated heterocycles. The molecule has 0 radical (unpaired) electrons. The first-order valence-corrected chi connectivity index (χ1v) is 7.33. The van der Waals surface area contributed by atoms with Crippen LogP contribution >= 0.6 is 15.9 Å². The summed E-state index contributed by atoms with van der Waals surface area (Å²) >= 11 is 3.21. The van der Waals surface area contributed by atoms with Gasteiger partial charge in [-0.05, 0) is 55.3 Å². The van der Waals surface area contributed by atoms with Gasteiger partial charge in [-0.3, -0.25) is 0 Å². The summed E-state index contributed by atoms with van der Waals surface area (Å²) in [7, 11) is 1.75. The Bertz CT molecular complexity index is 611. The van der Waals surface area contributed by atoms with Gasteiger partial charge in [0.05, 0.1) is 0 Å². The van der Waals surface area contributed by atoms with Crippen LogP contribution in [0.1, 0.15) is 11.1 Å². The van der Waals surface area contributed by atoms with Crippen molar-refractivity contribution in [1.29, 1.82) is 0 Å². The first-order valence-electron chi connectivity index (χ1n) is 6.54. The number of rotatable bonds is 5. The zero-order chi connectivity index (χ0) is 15.4.